The molecule has 0 aliphatic rings. The summed E-state index contributed by atoms with van der Waals surface area (Å²) in [6, 6.07) is 7.02. The summed E-state index contributed by atoms with van der Waals surface area (Å²) >= 11 is 0. The molecule has 2 aromatic rings. The molecule has 6 heteroatoms. The van der Waals surface area contributed by atoms with E-state index in [0.29, 0.717) is 0 Å². The molecule has 0 fully saturated rings. The Balaban J connectivity index is 2.42. The van der Waals surface area contributed by atoms with Crippen molar-refractivity contribution in [2.45, 2.75) is 6.92 Å². The lowest BCUT2D eigenvalue weighted by atomic mass is 10.1. The van der Waals surface area contributed by atoms with Gasteiger partial charge in [-0.15, -0.1) is 0 Å². The third-order valence-corrected chi connectivity index (χ3v) is 3.03. The zero-order valence-corrected chi connectivity index (χ0v) is 11.5. The number of nitrogens with two attached hydrogens (primary N) is 1. The molecule has 0 bridgehead atoms. The Bertz CT molecular complexity index is 702. The molecule has 3 N–H and O–H groups in total. The minimum atomic E-state index is -0.861. The van der Waals surface area contributed by atoms with Crippen LogP contribution in [-0.4, -0.2) is 13.0 Å². The van der Waals surface area contributed by atoms with E-state index >= 15 is 0 Å². The quantitative estimate of drug-likeness (QED) is 0.854. The van der Waals surface area contributed by atoms with Crippen molar-refractivity contribution in [3.63, 3.8) is 0 Å². The van der Waals surface area contributed by atoms with Crippen LogP contribution in [0.4, 0.5) is 20.2 Å². The number of halogens is 2. The molecular formula is C15H14F2N2O2. The van der Waals surface area contributed by atoms with Crippen LogP contribution in [-0.2, 0) is 0 Å². The Morgan fingerprint density at radius 2 is 1.95 bits per heavy atom. The van der Waals surface area contributed by atoms with Crippen molar-refractivity contribution in [2.75, 3.05) is 18.2 Å². The van der Waals surface area contributed by atoms with E-state index in [2.05, 4.69) is 5.32 Å². The monoisotopic (exact) mass is 292 g/mol. The van der Waals surface area contributed by atoms with Gasteiger partial charge < -0.3 is 15.8 Å². The predicted molar refractivity (Wildman–Crippen MR) is 76.5 cm³/mol. The lowest BCUT2D eigenvalue weighted by Crippen LogP contribution is -2.17. The Morgan fingerprint density at radius 1 is 1.24 bits per heavy atom. The number of hydrogen-bond donors (Lipinski definition) is 2. The van der Waals surface area contributed by atoms with Crippen molar-refractivity contribution in [3.05, 3.63) is 53.1 Å². The number of ether oxygens (including phenoxy) is 1. The van der Waals surface area contributed by atoms with Crippen molar-refractivity contribution >= 4 is 17.3 Å². The molecule has 1 amide bonds. The smallest absolute Gasteiger partial charge is 0.261 e. The maximum absolute atomic E-state index is 13.9. The van der Waals surface area contributed by atoms with Gasteiger partial charge >= 0.3 is 0 Å². The zero-order valence-electron chi connectivity index (χ0n) is 11.5. The number of nitrogen functional groups attached to an aromatic ring is 1. The van der Waals surface area contributed by atoms with Crippen LogP contribution in [0.1, 0.15) is 15.9 Å². The number of carbonyl (C=O) groups is 1. The van der Waals surface area contributed by atoms with Crippen LogP contribution in [0, 0.1) is 18.6 Å². The molecule has 2 rings (SSSR count). The number of carbonyl (C=O) groups excluding carboxylic acids is 1. The first kappa shape index (κ1) is 14.8. The van der Waals surface area contributed by atoms with Crippen LogP contribution < -0.4 is 15.8 Å². The fraction of sp³-hybridized carbons (Fsp3) is 0.133. The average molecular weight is 292 g/mol. The van der Waals surface area contributed by atoms with Crippen LogP contribution in [0.2, 0.25) is 0 Å². The lowest BCUT2D eigenvalue weighted by Gasteiger charge is -2.13. The van der Waals surface area contributed by atoms with Crippen molar-refractivity contribution in [1.82, 2.24) is 0 Å². The average Bonchev–Trinajstić information content (AvgIpc) is 2.47. The normalized spacial score (nSPS) is 10.3. The number of rotatable bonds is 3. The predicted octanol–water partition coefficient (Wildman–Crippen LogP) is 3.12. The zero-order chi connectivity index (χ0) is 15.6. The molecule has 110 valence electrons. The molecule has 0 unspecified atom stereocenters. The highest BCUT2D eigenvalue weighted by Gasteiger charge is 2.20. The molecule has 0 heterocycles. The van der Waals surface area contributed by atoms with Gasteiger partial charge in [0.25, 0.3) is 5.91 Å². The fourth-order valence-electron chi connectivity index (χ4n) is 1.91. The summed E-state index contributed by atoms with van der Waals surface area (Å²) in [5.41, 5.74) is 5.62. The Kier molecular flexibility index (Phi) is 4.07. The maximum atomic E-state index is 13.9. The Morgan fingerprint density at radius 3 is 2.62 bits per heavy atom. The number of anilines is 2. The van der Waals surface area contributed by atoms with Gasteiger partial charge in [-0.1, -0.05) is 12.1 Å². The number of methoxy groups -OCH3 is 1. The Labute approximate surface area is 120 Å². The van der Waals surface area contributed by atoms with Crippen LogP contribution >= 0.6 is 0 Å². The summed E-state index contributed by atoms with van der Waals surface area (Å²) in [4.78, 5) is 12.2. The molecule has 2 aromatic carbocycles. The molecule has 4 nitrogen and oxygen atoms in total. The van der Waals surface area contributed by atoms with Gasteiger partial charge in [-0.3, -0.25) is 4.79 Å². The first-order valence-electron chi connectivity index (χ1n) is 6.14. The highest BCUT2D eigenvalue weighted by Crippen LogP contribution is 2.27. The van der Waals surface area contributed by atoms with Gasteiger partial charge in [0.2, 0.25) is 0 Å². The van der Waals surface area contributed by atoms with E-state index in [1.54, 1.807) is 6.07 Å². The van der Waals surface area contributed by atoms with E-state index in [0.717, 1.165) is 6.07 Å². The summed E-state index contributed by atoms with van der Waals surface area (Å²) in [6.45, 7) is 1.47. The fourth-order valence-corrected chi connectivity index (χ4v) is 1.91. The molecular weight excluding hydrogens is 278 g/mol. The summed E-state index contributed by atoms with van der Waals surface area (Å²) in [5.74, 6) is -2.20. The molecule has 0 radical (unpaired) electrons. The van der Waals surface area contributed by atoms with Crippen molar-refractivity contribution in [3.8, 4) is 5.75 Å². The van der Waals surface area contributed by atoms with E-state index in [1.807, 2.05) is 0 Å². The van der Waals surface area contributed by atoms with Gasteiger partial charge in [-0.05, 0) is 30.7 Å². The van der Waals surface area contributed by atoms with Gasteiger partial charge in [0.05, 0.1) is 7.11 Å². The van der Waals surface area contributed by atoms with Crippen LogP contribution in [0.3, 0.4) is 0 Å². The summed E-state index contributed by atoms with van der Waals surface area (Å²) in [6.07, 6.45) is 0. The summed E-state index contributed by atoms with van der Waals surface area (Å²) in [7, 11) is 1.37. The number of aryl methyl sites for hydroxylation is 1. The molecule has 0 saturated carbocycles. The SMILES string of the molecule is COc1cccc(N)c1C(=O)Nc1c(F)ccc(C)c1F. The molecule has 0 aliphatic carbocycles. The van der Waals surface area contributed by atoms with Crippen molar-refractivity contribution in [2.24, 2.45) is 0 Å². The topological polar surface area (TPSA) is 64.3 Å². The second-order valence-electron chi connectivity index (χ2n) is 4.43. The van der Waals surface area contributed by atoms with E-state index < -0.39 is 23.2 Å². The van der Waals surface area contributed by atoms with E-state index in [1.165, 1.54) is 32.2 Å². The third-order valence-electron chi connectivity index (χ3n) is 3.03. The second-order valence-corrected chi connectivity index (χ2v) is 4.43. The van der Waals surface area contributed by atoms with Gasteiger partial charge in [-0.25, -0.2) is 8.78 Å². The van der Waals surface area contributed by atoms with Crippen LogP contribution in [0.5, 0.6) is 5.75 Å². The standard InChI is InChI=1S/C15H14F2N2O2/c1-8-6-7-9(16)14(13(8)17)19-15(20)12-10(18)4-3-5-11(12)21-2/h3-7H,18H2,1-2H3,(H,19,20). The highest BCUT2D eigenvalue weighted by atomic mass is 19.1. The highest BCUT2D eigenvalue weighted by molar-refractivity contribution is 6.09. The molecule has 0 atom stereocenters. The number of hydrogen-bond acceptors (Lipinski definition) is 3. The molecule has 0 saturated heterocycles. The minimum absolute atomic E-state index is 0.0281. The van der Waals surface area contributed by atoms with Crippen molar-refractivity contribution in [1.29, 1.82) is 0 Å². The van der Waals surface area contributed by atoms with Crippen LogP contribution in [0.25, 0.3) is 0 Å². The van der Waals surface area contributed by atoms with Crippen molar-refractivity contribution < 1.29 is 18.3 Å². The van der Waals surface area contributed by atoms with E-state index in [4.69, 9.17) is 10.5 Å². The van der Waals surface area contributed by atoms with Gasteiger partial charge in [-0.2, -0.15) is 0 Å². The number of benzene rings is 2. The molecule has 0 spiro atoms. The summed E-state index contributed by atoms with van der Waals surface area (Å²) in [5, 5.41) is 2.20. The molecule has 0 aromatic heterocycles. The van der Waals surface area contributed by atoms with Gasteiger partial charge in [0, 0.05) is 5.69 Å². The minimum Gasteiger partial charge on any atom is -0.496 e. The number of amides is 1. The second kappa shape index (κ2) is 5.78. The largest absolute Gasteiger partial charge is 0.496 e. The first-order valence-corrected chi connectivity index (χ1v) is 6.14. The van der Waals surface area contributed by atoms with Crippen LogP contribution in [0.15, 0.2) is 30.3 Å². The first-order chi connectivity index (χ1) is 9.95. The van der Waals surface area contributed by atoms with E-state index in [9.17, 15) is 13.6 Å². The third kappa shape index (κ3) is 2.79. The maximum Gasteiger partial charge on any atom is 0.261 e. The molecule has 0 aliphatic heterocycles. The Hall–Kier alpha value is -2.63. The lowest BCUT2D eigenvalue weighted by molar-refractivity contribution is 0.102. The molecule has 21 heavy (non-hydrogen) atoms. The van der Waals surface area contributed by atoms with E-state index in [-0.39, 0.29) is 22.6 Å². The van der Waals surface area contributed by atoms with Gasteiger partial charge in [0.15, 0.2) is 5.82 Å². The number of nitrogens with one attached hydrogen (secondary N) is 1. The summed E-state index contributed by atoms with van der Waals surface area (Å²) < 4.78 is 32.6. The van der Waals surface area contributed by atoms with Gasteiger partial charge in [0.1, 0.15) is 22.8 Å².